The van der Waals surface area contributed by atoms with E-state index in [1.165, 1.54) is 33.4 Å². The molecular formula is C34H31F3N6O2S. The second-order valence-corrected chi connectivity index (χ2v) is 12.9. The summed E-state index contributed by atoms with van der Waals surface area (Å²) in [6.45, 7) is 9.03. The third-order valence-corrected chi connectivity index (χ3v) is 9.25. The topological polar surface area (TPSA) is 76.4 Å². The summed E-state index contributed by atoms with van der Waals surface area (Å²) in [6, 6.07) is 10.3. The predicted molar refractivity (Wildman–Crippen MR) is 171 cm³/mol. The number of thiophene rings is 1. The van der Waals surface area contributed by atoms with Crippen LogP contribution in [-0.4, -0.2) is 61.7 Å². The molecule has 0 radical (unpaired) electrons. The van der Waals surface area contributed by atoms with Crippen LogP contribution in [0.15, 0.2) is 54.2 Å². The summed E-state index contributed by atoms with van der Waals surface area (Å²) in [6.07, 6.45) is 0.542. The molecular weight excluding hydrogens is 613 g/mol. The number of aromatic nitrogens is 4. The highest BCUT2D eigenvalue weighted by atomic mass is 32.1. The van der Waals surface area contributed by atoms with Crippen molar-refractivity contribution in [3.8, 4) is 39.7 Å². The molecule has 1 amide bonds. The van der Waals surface area contributed by atoms with Gasteiger partial charge in [-0.25, -0.2) is 27.8 Å². The Balaban J connectivity index is 1.47. The highest BCUT2D eigenvalue weighted by Crippen LogP contribution is 2.47. The number of halogens is 3. The number of pyridine rings is 1. The van der Waals surface area contributed by atoms with Crippen LogP contribution in [0.5, 0.6) is 5.75 Å². The largest absolute Gasteiger partial charge is 0.490 e. The molecule has 46 heavy (non-hydrogen) atoms. The summed E-state index contributed by atoms with van der Waals surface area (Å²) in [5, 5.41) is 7.46. The first-order chi connectivity index (χ1) is 22.1. The fourth-order valence-corrected chi connectivity index (χ4v) is 7.15. The van der Waals surface area contributed by atoms with Gasteiger partial charge in [-0.3, -0.25) is 4.79 Å². The predicted octanol–water partition coefficient (Wildman–Crippen LogP) is 6.77. The van der Waals surface area contributed by atoms with E-state index in [0.717, 1.165) is 41.2 Å². The normalized spacial score (nSPS) is 14.9. The van der Waals surface area contributed by atoms with Gasteiger partial charge in [-0.15, -0.1) is 16.4 Å². The van der Waals surface area contributed by atoms with Crippen molar-refractivity contribution in [1.29, 1.82) is 0 Å². The number of rotatable bonds is 6. The zero-order valence-corrected chi connectivity index (χ0v) is 26.4. The maximum Gasteiger partial charge on any atom is 0.282 e. The Hall–Kier alpha value is -4.55. The zero-order chi connectivity index (χ0) is 32.3. The molecule has 8 nitrogen and oxygen atoms in total. The molecule has 2 aliphatic heterocycles. The van der Waals surface area contributed by atoms with E-state index in [1.807, 2.05) is 17.5 Å². The van der Waals surface area contributed by atoms with Crippen molar-refractivity contribution < 1.29 is 22.7 Å². The van der Waals surface area contributed by atoms with Crippen molar-refractivity contribution in [2.45, 2.75) is 46.0 Å². The van der Waals surface area contributed by atoms with E-state index in [4.69, 9.17) is 19.8 Å². The Bertz CT molecular complexity index is 2040. The number of likely N-dealkylation sites (N-methyl/N-ethyl adjacent to an activating group) is 1. The molecule has 0 saturated heterocycles. The third kappa shape index (κ3) is 5.35. The minimum Gasteiger partial charge on any atom is -0.490 e. The molecule has 0 spiro atoms. The van der Waals surface area contributed by atoms with Gasteiger partial charge in [0.05, 0.1) is 30.5 Å². The van der Waals surface area contributed by atoms with Gasteiger partial charge in [0.1, 0.15) is 28.9 Å². The number of amides is 1. The van der Waals surface area contributed by atoms with Crippen molar-refractivity contribution in [2.24, 2.45) is 0 Å². The summed E-state index contributed by atoms with van der Waals surface area (Å²) in [5.74, 6) is -2.76. The fraction of sp³-hybridized carbons (Fsp3) is 0.294. The number of nitrogens with zero attached hydrogens (tertiary/aromatic N) is 6. The lowest BCUT2D eigenvalue weighted by Gasteiger charge is -2.25. The molecule has 0 atom stereocenters. The van der Waals surface area contributed by atoms with Gasteiger partial charge >= 0.3 is 0 Å². The summed E-state index contributed by atoms with van der Waals surface area (Å²) in [5.41, 5.74) is 4.83. The van der Waals surface area contributed by atoms with E-state index in [9.17, 15) is 13.6 Å². The van der Waals surface area contributed by atoms with Crippen LogP contribution in [0, 0.1) is 11.6 Å². The second-order valence-electron chi connectivity index (χ2n) is 12.0. The van der Waals surface area contributed by atoms with Gasteiger partial charge < -0.3 is 14.5 Å². The number of carbonyl (C=O) groups excluding carboxylic acids is 1. The SMILES string of the molecule is C=C(F)C(=O)N1CCn2nc(-c3nc(-c4ccc5c(c4)CCN(C)C5)c4ccsc4c3-c3c(F)cc(F)cc3OC(C)C)nc2C1. The zero-order valence-electron chi connectivity index (χ0n) is 25.6. The van der Waals surface area contributed by atoms with E-state index >= 15 is 4.39 Å². The Labute approximate surface area is 267 Å². The lowest BCUT2D eigenvalue weighted by molar-refractivity contribution is -0.130. The molecule has 236 valence electrons. The van der Waals surface area contributed by atoms with E-state index in [1.54, 1.807) is 18.5 Å². The molecule has 5 aromatic rings. The Kier molecular flexibility index (Phi) is 7.64. The Morgan fingerprint density at radius 1 is 1.00 bits per heavy atom. The van der Waals surface area contributed by atoms with Crippen LogP contribution >= 0.6 is 11.3 Å². The van der Waals surface area contributed by atoms with Crippen molar-refractivity contribution in [1.82, 2.24) is 29.5 Å². The highest BCUT2D eigenvalue weighted by Gasteiger charge is 2.30. The Morgan fingerprint density at radius 3 is 2.61 bits per heavy atom. The van der Waals surface area contributed by atoms with Crippen LogP contribution < -0.4 is 4.74 Å². The van der Waals surface area contributed by atoms with Gasteiger partial charge in [0.15, 0.2) is 5.83 Å². The number of benzene rings is 2. The van der Waals surface area contributed by atoms with E-state index < -0.39 is 23.4 Å². The van der Waals surface area contributed by atoms with Crippen LogP contribution in [0.2, 0.25) is 0 Å². The molecule has 0 aliphatic carbocycles. The molecule has 7 rings (SSSR count). The minimum atomic E-state index is -1.05. The lowest BCUT2D eigenvalue weighted by Crippen LogP contribution is -2.38. The molecule has 2 aliphatic rings. The standard InChI is InChI=1S/C34H31F3N6O2S/c1-18(2)45-26-15-23(36)14-25(37)28(26)29-31(33-38-27-17-42(34(44)19(3)35)10-11-43(27)40-33)39-30(24-8-12-46-32(24)29)21-5-6-22-16-41(4)9-7-20(22)13-21/h5-6,8,12-15,18H,3,7,9-11,16-17H2,1-2,4H3. The lowest BCUT2D eigenvalue weighted by atomic mass is 9.94. The quantitative estimate of drug-likeness (QED) is 0.190. The number of hydrogen-bond acceptors (Lipinski definition) is 7. The van der Waals surface area contributed by atoms with Crippen LogP contribution in [-0.2, 0) is 30.8 Å². The van der Waals surface area contributed by atoms with Crippen LogP contribution in [0.3, 0.4) is 0 Å². The minimum absolute atomic E-state index is 0.0180. The van der Waals surface area contributed by atoms with Crippen molar-refractivity contribution in [3.63, 3.8) is 0 Å². The number of carbonyl (C=O) groups is 1. The monoisotopic (exact) mass is 644 g/mol. The molecule has 0 N–H and O–H groups in total. The molecule has 0 bridgehead atoms. The van der Waals surface area contributed by atoms with E-state index in [2.05, 4.69) is 30.7 Å². The van der Waals surface area contributed by atoms with Crippen LogP contribution in [0.25, 0.3) is 44.0 Å². The summed E-state index contributed by atoms with van der Waals surface area (Å²) in [4.78, 5) is 25.8. The average Bonchev–Trinajstić information content (AvgIpc) is 3.67. The van der Waals surface area contributed by atoms with Gasteiger partial charge in [-0.05, 0) is 56.0 Å². The van der Waals surface area contributed by atoms with Gasteiger partial charge in [0.25, 0.3) is 5.91 Å². The summed E-state index contributed by atoms with van der Waals surface area (Å²) < 4.78 is 52.6. The van der Waals surface area contributed by atoms with E-state index in [0.29, 0.717) is 17.1 Å². The fourth-order valence-electron chi connectivity index (χ4n) is 6.20. The highest BCUT2D eigenvalue weighted by molar-refractivity contribution is 7.18. The number of hydrogen-bond donors (Lipinski definition) is 0. The summed E-state index contributed by atoms with van der Waals surface area (Å²) >= 11 is 1.41. The Morgan fingerprint density at radius 2 is 1.83 bits per heavy atom. The van der Waals surface area contributed by atoms with E-state index in [-0.39, 0.29) is 48.6 Å². The molecule has 3 aromatic heterocycles. The first-order valence-electron chi connectivity index (χ1n) is 15.0. The number of ether oxygens (including phenoxy) is 1. The smallest absolute Gasteiger partial charge is 0.282 e. The van der Waals surface area contributed by atoms with Crippen molar-refractivity contribution in [2.75, 3.05) is 20.1 Å². The van der Waals surface area contributed by atoms with Crippen LogP contribution in [0.1, 0.15) is 30.8 Å². The number of fused-ring (bicyclic) bond motifs is 3. The van der Waals surface area contributed by atoms with Gasteiger partial charge in [0.2, 0.25) is 5.82 Å². The van der Waals surface area contributed by atoms with Crippen molar-refractivity contribution >= 4 is 27.3 Å². The molecule has 12 heteroatoms. The first kappa shape index (κ1) is 30.1. The van der Waals surface area contributed by atoms with Crippen LogP contribution in [0.4, 0.5) is 13.2 Å². The van der Waals surface area contributed by atoms with Gasteiger partial charge in [-0.2, -0.15) is 0 Å². The first-order valence-corrected chi connectivity index (χ1v) is 15.9. The van der Waals surface area contributed by atoms with Crippen molar-refractivity contribution in [3.05, 3.63) is 82.8 Å². The summed E-state index contributed by atoms with van der Waals surface area (Å²) in [7, 11) is 2.10. The van der Waals surface area contributed by atoms with Gasteiger partial charge in [0, 0.05) is 53.0 Å². The average molecular weight is 645 g/mol. The maximum absolute atomic E-state index is 16.0. The van der Waals surface area contributed by atoms with Gasteiger partial charge in [-0.1, -0.05) is 18.7 Å². The molecule has 0 unspecified atom stereocenters. The molecule has 0 saturated carbocycles. The third-order valence-electron chi connectivity index (χ3n) is 8.32. The molecule has 0 fully saturated rings. The second kappa shape index (κ2) is 11.7. The molecule has 2 aromatic carbocycles. The maximum atomic E-state index is 16.0. The molecule has 5 heterocycles.